The van der Waals surface area contributed by atoms with Crippen LogP contribution in [-0.4, -0.2) is 16.2 Å². The van der Waals surface area contributed by atoms with Gasteiger partial charge in [0, 0.05) is 61.7 Å². The first kappa shape index (κ1) is 58.4. The van der Waals surface area contributed by atoms with Gasteiger partial charge in [-0.3, -0.25) is 4.57 Å². The second kappa shape index (κ2) is 23.7. The van der Waals surface area contributed by atoms with Gasteiger partial charge < -0.3 is 14.7 Å². The molecule has 93 heavy (non-hydrogen) atoms. The number of benzene rings is 12. The van der Waals surface area contributed by atoms with Crippen LogP contribution in [0.25, 0.3) is 27.6 Å². The molecule has 0 aliphatic carbocycles. The molecule has 0 bridgehead atoms. The third kappa shape index (κ3) is 10.3. The van der Waals surface area contributed by atoms with E-state index in [1.807, 2.05) is 6.20 Å². The molecule has 15 rings (SSSR count). The molecule has 0 spiro atoms. The summed E-state index contributed by atoms with van der Waals surface area (Å²) in [5.41, 5.74) is 20.5. The van der Waals surface area contributed by atoms with Gasteiger partial charge >= 0.3 is 0 Å². The quantitative estimate of drug-likeness (QED) is 0.0956. The molecular formula is C88H75N5. The molecule has 0 radical (unpaired) electrons. The Kier molecular flexibility index (Phi) is 14.9. The van der Waals surface area contributed by atoms with Crippen molar-refractivity contribution in [3.8, 4) is 5.82 Å². The van der Waals surface area contributed by atoms with Gasteiger partial charge in [-0.2, -0.15) is 0 Å². The van der Waals surface area contributed by atoms with E-state index >= 15 is 0 Å². The molecule has 0 amide bonds. The SMILES string of the molecule is CC(C)(C)c1ccnc(-n2c3ccc(C(C)(c4ccccc4)c4ccccc4)cc3c3ccc(N(c4ccccc4)c4cccc(N5CN(c6cc(C(C)(c7ccccc7)c7ccccc7)cc(C(C)(c7ccccc7)c7ccccc7)c6)c6ccccc65)c4)cc32)c1. The van der Waals surface area contributed by atoms with Gasteiger partial charge in [-0.25, -0.2) is 4.98 Å². The van der Waals surface area contributed by atoms with Crippen molar-refractivity contribution in [3.63, 3.8) is 0 Å². The Labute approximate surface area is 547 Å². The third-order valence-electron chi connectivity index (χ3n) is 20.1. The van der Waals surface area contributed by atoms with Crippen molar-refractivity contribution in [3.05, 3.63) is 389 Å². The van der Waals surface area contributed by atoms with Crippen molar-refractivity contribution in [2.24, 2.45) is 0 Å². The lowest BCUT2D eigenvalue weighted by atomic mass is 9.67. The van der Waals surface area contributed by atoms with E-state index in [1.165, 1.54) is 61.0 Å². The molecule has 12 aromatic carbocycles. The molecule has 1 aliphatic heterocycles. The summed E-state index contributed by atoms with van der Waals surface area (Å²) in [4.78, 5) is 12.6. The molecule has 0 N–H and O–H groups in total. The highest BCUT2D eigenvalue weighted by Crippen LogP contribution is 2.51. The highest BCUT2D eigenvalue weighted by Gasteiger charge is 2.39. The normalized spacial score (nSPS) is 12.8. The first-order valence-electron chi connectivity index (χ1n) is 32.5. The lowest BCUT2D eigenvalue weighted by Crippen LogP contribution is -2.30. The number of nitrogens with zero attached hydrogens (tertiary/aromatic N) is 5. The maximum Gasteiger partial charge on any atom is 0.137 e. The number of para-hydroxylation sites is 3. The van der Waals surface area contributed by atoms with Crippen molar-refractivity contribution in [2.75, 3.05) is 21.4 Å². The number of rotatable bonds is 15. The summed E-state index contributed by atoms with van der Waals surface area (Å²) >= 11 is 0. The summed E-state index contributed by atoms with van der Waals surface area (Å²) in [5.74, 6) is 0.888. The van der Waals surface area contributed by atoms with Crippen LogP contribution >= 0.6 is 0 Å². The predicted molar refractivity (Wildman–Crippen MR) is 389 cm³/mol. The molecule has 0 unspecified atom stereocenters. The van der Waals surface area contributed by atoms with Crippen LogP contribution < -0.4 is 14.7 Å². The van der Waals surface area contributed by atoms with Crippen LogP contribution in [0.2, 0.25) is 0 Å². The van der Waals surface area contributed by atoms with Gasteiger partial charge in [0.05, 0.1) is 22.4 Å². The third-order valence-corrected chi connectivity index (χ3v) is 20.1. The Hall–Kier alpha value is -11.0. The number of fused-ring (bicyclic) bond motifs is 4. The van der Waals surface area contributed by atoms with Crippen LogP contribution in [0, 0.1) is 0 Å². The average molecular weight is 1200 g/mol. The molecule has 452 valence electrons. The zero-order valence-electron chi connectivity index (χ0n) is 53.7. The zero-order chi connectivity index (χ0) is 63.3. The first-order valence-corrected chi connectivity index (χ1v) is 32.5. The number of hydrogen-bond acceptors (Lipinski definition) is 4. The highest BCUT2D eigenvalue weighted by molar-refractivity contribution is 6.11. The van der Waals surface area contributed by atoms with Crippen LogP contribution in [-0.2, 0) is 21.7 Å². The Morgan fingerprint density at radius 3 is 1.20 bits per heavy atom. The van der Waals surface area contributed by atoms with Gasteiger partial charge in [-0.05, 0) is 173 Å². The summed E-state index contributed by atoms with van der Waals surface area (Å²) in [5, 5.41) is 2.33. The summed E-state index contributed by atoms with van der Waals surface area (Å²) in [6.07, 6.45) is 1.97. The van der Waals surface area contributed by atoms with Gasteiger partial charge in [0.1, 0.15) is 12.5 Å². The lowest BCUT2D eigenvalue weighted by molar-refractivity contribution is 0.588. The van der Waals surface area contributed by atoms with Crippen LogP contribution in [0.5, 0.6) is 0 Å². The molecule has 3 heterocycles. The molecule has 5 nitrogen and oxygen atoms in total. The molecule has 0 atom stereocenters. The minimum Gasteiger partial charge on any atom is -0.321 e. The van der Waals surface area contributed by atoms with Crippen molar-refractivity contribution in [1.82, 2.24) is 9.55 Å². The molecule has 2 aromatic heterocycles. The van der Waals surface area contributed by atoms with Gasteiger partial charge in [0.15, 0.2) is 0 Å². The van der Waals surface area contributed by atoms with Crippen LogP contribution in [0.15, 0.2) is 334 Å². The number of pyridine rings is 1. The standard InChI is InChI=1S/C88H75N5/c1-85(2,3)69-53-54-89-84(59-69)93-80-52-49-70(86(4,63-31-14-7-15-32-63)64-33-16-8-17-34-64)58-79(80)78-51-50-76(61-83(78)93)92(73-43-26-13-27-44-73)75-46-30-45-74(60-75)90-62-91(82-48-29-28-47-81(82)90)77-56-71(87(5,65-35-18-9-19-36-65)66-37-20-10-21-38-66)55-72(57-77)88(6,67-39-22-11-23-40-67)68-41-24-12-25-42-68/h7-61H,62H2,1-6H3. The van der Waals surface area contributed by atoms with Crippen LogP contribution in [0.1, 0.15) is 97.2 Å². The van der Waals surface area contributed by atoms with Gasteiger partial charge in [0.25, 0.3) is 0 Å². The Morgan fingerprint density at radius 1 is 0.290 bits per heavy atom. The molecule has 1 aliphatic rings. The summed E-state index contributed by atoms with van der Waals surface area (Å²) in [6.45, 7) is 14.6. The van der Waals surface area contributed by atoms with Crippen molar-refractivity contribution in [2.45, 2.75) is 63.2 Å². The minimum absolute atomic E-state index is 0.0881. The second-order valence-electron chi connectivity index (χ2n) is 26.4. The van der Waals surface area contributed by atoms with Crippen molar-refractivity contribution in [1.29, 1.82) is 0 Å². The number of hydrogen-bond donors (Lipinski definition) is 0. The van der Waals surface area contributed by atoms with Crippen molar-refractivity contribution >= 4 is 61.6 Å². The van der Waals surface area contributed by atoms with E-state index in [9.17, 15) is 0 Å². The van der Waals surface area contributed by atoms with E-state index in [1.54, 1.807) is 0 Å². The monoisotopic (exact) mass is 1200 g/mol. The molecule has 0 saturated heterocycles. The van der Waals surface area contributed by atoms with Gasteiger partial charge in [-0.15, -0.1) is 0 Å². The van der Waals surface area contributed by atoms with Gasteiger partial charge in [-0.1, -0.05) is 257 Å². The minimum atomic E-state index is -0.519. The summed E-state index contributed by atoms with van der Waals surface area (Å²) in [6, 6.07) is 121. The second-order valence-corrected chi connectivity index (χ2v) is 26.4. The van der Waals surface area contributed by atoms with E-state index in [4.69, 9.17) is 4.98 Å². The molecular weight excluding hydrogens is 1130 g/mol. The Morgan fingerprint density at radius 2 is 0.720 bits per heavy atom. The topological polar surface area (TPSA) is 27.5 Å². The fraction of sp³-hybridized carbons (Fsp3) is 0.125. The van der Waals surface area contributed by atoms with Gasteiger partial charge in [0.2, 0.25) is 0 Å². The van der Waals surface area contributed by atoms with E-state index in [0.717, 1.165) is 62.0 Å². The summed E-state index contributed by atoms with van der Waals surface area (Å²) < 4.78 is 2.38. The number of anilines is 7. The van der Waals surface area contributed by atoms with E-state index in [2.05, 4.69) is 388 Å². The van der Waals surface area contributed by atoms with E-state index in [-0.39, 0.29) is 5.41 Å². The highest BCUT2D eigenvalue weighted by atomic mass is 15.4. The van der Waals surface area contributed by atoms with Crippen LogP contribution in [0.4, 0.5) is 39.8 Å². The molecule has 0 saturated carbocycles. The molecule has 14 aromatic rings. The predicted octanol–water partition coefficient (Wildman–Crippen LogP) is 22.3. The Bertz CT molecular complexity index is 4740. The van der Waals surface area contributed by atoms with E-state index in [0.29, 0.717) is 6.67 Å². The lowest BCUT2D eigenvalue weighted by Gasteiger charge is -2.37. The molecule has 0 fully saturated rings. The van der Waals surface area contributed by atoms with Crippen LogP contribution in [0.3, 0.4) is 0 Å². The maximum absolute atomic E-state index is 5.18. The van der Waals surface area contributed by atoms with E-state index < -0.39 is 16.2 Å². The zero-order valence-corrected chi connectivity index (χ0v) is 53.7. The summed E-state index contributed by atoms with van der Waals surface area (Å²) in [7, 11) is 0. The maximum atomic E-state index is 5.18. The Balaban J connectivity index is 0.885. The fourth-order valence-corrected chi connectivity index (χ4v) is 14.7. The largest absolute Gasteiger partial charge is 0.321 e. The fourth-order valence-electron chi connectivity index (χ4n) is 14.7. The average Bonchev–Trinajstić information content (AvgIpc) is 1.71. The molecule has 5 heteroatoms. The number of aromatic nitrogens is 2. The van der Waals surface area contributed by atoms with Crippen molar-refractivity contribution < 1.29 is 0 Å². The first-order chi connectivity index (χ1) is 45.4. The smallest absolute Gasteiger partial charge is 0.137 e.